The summed E-state index contributed by atoms with van der Waals surface area (Å²) in [5, 5.41) is 3.16. The quantitative estimate of drug-likeness (QED) is 0.912. The van der Waals surface area contributed by atoms with E-state index in [0.29, 0.717) is 11.5 Å². The zero-order chi connectivity index (χ0) is 17.1. The first-order valence-electron chi connectivity index (χ1n) is 9.69. The lowest BCUT2D eigenvalue weighted by atomic mass is 10.0. The molecule has 0 spiro atoms. The van der Waals surface area contributed by atoms with Crippen LogP contribution in [-0.2, 0) is 4.79 Å². The summed E-state index contributed by atoms with van der Waals surface area (Å²) in [5.41, 5.74) is 0. The van der Waals surface area contributed by atoms with E-state index in [0.717, 1.165) is 31.8 Å². The minimum Gasteiger partial charge on any atom is -0.485 e. The van der Waals surface area contributed by atoms with Crippen molar-refractivity contribution >= 4 is 5.91 Å². The topological polar surface area (TPSA) is 50.8 Å². The van der Waals surface area contributed by atoms with Crippen LogP contribution in [0.25, 0.3) is 0 Å². The molecule has 0 bridgehead atoms. The summed E-state index contributed by atoms with van der Waals surface area (Å²) in [5.74, 6) is 2.22. The van der Waals surface area contributed by atoms with Gasteiger partial charge in [0.05, 0.1) is 0 Å². The Hall–Kier alpha value is -1.75. The number of fused-ring (bicyclic) bond motifs is 1. The SMILES string of the molecule is O=C(NC1CCN(CC2CCCC2)CC1)[C@@H]1COc2ccccc2O1. The van der Waals surface area contributed by atoms with Crippen LogP contribution in [0.3, 0.4) is 0 Å². The highest BCUT2D eigenvalue weighted by atomic mass is 16.6. The van der Waals surface area contributed by atoms with Crippen LogP contribution in [0, 0.1) is 5.92 Å². The number of nitrogens with one attached hydrogen (secondary N) is 1. The molecule has 2 aliphatic heterocycles. The highest BCUT2D eigenvalue weighted by Crippen LogP contribution is 2.31. The van der Waals surface area contributed by atoms with Gasteiger partial charge in [0, 0.05) is 25.7 Å². The predicted octanol–water partition coefficient (Wildman–Crippen LogP) is 2.60. The molecule has 1 atom stereocenters. The van der Waals surface area contributed by atoms with Gasteiger partial charge in [0.1, 0.15) is 6.61 Å². The van der Waals surface area contributed by atoms with Crippen LogP contribution in [0.1, 0.15) is 38.5 Å². The number of para-hydroxylation sites is 2. The number of hydrogen-bond donors (Lipinski definition) is 1. The standard InChI is InChI=1S/C20H28N2O3/c23-20(19-14-24-17-7-3-4-8-18(17)25-19)21-16-9-11-22(12-10-16)13-15-5-1-2-6-15/h3-4,7-8,15-16,19H,1-2,5-6,9-14H2,(H,21,23)/t19-/m0/s1. The summed E-state index contributed by atoms with van der Waals surface area (Å²) in [6, 6.07) is 7.76. The van der Waals surface area contributed by atoms with Gasteiger partial charge in [-0.25, -0.2) is 0 Å². The van der Waals surface area contributed by atoms with Gasteiger partial charge < -0.3 is 19.7 Å². The van der Waals surface area contributed by atoms with Crippen molar-refractivity contribution < 1.29 is 14.3 Å². The second kappa shape index (κ2) is 7.65. The van der Waals surface area contributed by atoms with Crippen LogP contribution in [0.2, 0.25) is 0 Å². The van der Waals surface area contributed by atoms with Crippen LogP contribution in [0.4, 0.5) is 0 Å². The van der Waals surface area contributed by atoms with E-state index in [9.17, 15) is 4.79 Å². The fourth-order valence-electron chi connectivity index (χ4n) is 4.26. The van der Waals surface area contributed by atoms with E-state index in [1.165, 1.54) is 32.2 Å². The Morgan fingerprint density at radius 3 is 2.56 bits per heavy atom. The molecule has 1 saturated carbocycles. The maximum atomic E-state index is 12.5. The minimum absolute atomic E-state index is 0.0521. The highest BCUT2D eigenvalue weighted by molar-refractivity contribution is 5.82. The molecule has 0 unspecified atom stereocenters. The van der Waals surface area contributed by atoms with Crippen molar-refractivity contribution in [2.75, 3.05) is 26.2 Å². The predicted molar refractivity (Wildman–Crippen MR) is 95.9 cm³/mol. The van der Waals surface area contributed by atoms with Crippen molar-refractivity contribution in [3.05, 3.63) is 24.3 Å². The summed E-state index contributed by atoms with van der Waals surface area (Å²) in [4.78, 5) is 15.1. The average molecular weight is 344 g/mol. The average Bonchev–Trinajstić information content (AvgIpc) is 3.16. The number of carbonyl (C=O) groups is 1. The summed E-state index contributed by atoms with van der Waals surface area (Å²) in [6.45, 7) is 3.71. The van der Waals surface area contributed by atoms with Crippen LogP contribution in [-0.4, -0.2) is 49.2 Å². The fourth-order valence-corrected chi connectivity index (χ4v) is 4.26. The number of amides is 1. The summed E-state index contributed by atoms with van der Waals surface area (Å²) < 4.78 is 11.4. The zero-order valence-electron chi connectivity index (χ0n) is 14.8. The zero-order valence-corrected chi connectivity index (χ0v) is 14.8. The molecule has 1 aromatic carbocycles. The van der Waals surface area contributed by atoms with E-state index in [1.807, 2.05) is 24.3 Å². The van der Waals surface area contributed by atoms with E-state index >= 15 is 0 Å². The number of rotatable bonds is 4. The molecular weight excluding hydrogens is 316 g/mol. The first kappa shape index (κ1) is 16.7. The Bertz CT molecular complexity index is 592. The number of benzene rings is 1. The van der Waals surface area contributed by atoms with Gasteiger partial charge in [-0.3, -0.25) is 4.79 Å². The second-order valence-electron chi connectivity index (χ2n) is 7.60. The number of ether oxygens (including phenoxy) is 2. The summed E-state index contributed by atoms with van der Waals surface area (Å²) in [7, 11) is 0. The fraction of sp³-hybridized carbons (Fsp3) is 0.650. The Morgan fingerprint density at radius 1 is 1.08 bits per heavy atom. The monoisotopic (exact) mass is 344 g/mol. The van der Waals surface area contributed by atoms with Crippen molar-refractivity contribution in [2.45, 2.75) is 50.7 Å². The Kier molecular flexibility index (Phi) is 5.11. The molecule has 136 valence electrons. The van der Waals surface area contributed by atoms with E-state index in [1.54, 1.807) is 0 Å². The molecule has 4 rings (SSSR count). The van der Waals surface area contributed by atoms with Crippen LogP contribution in [0.5, 0.6) is 11.5 Å². The summed E-state index contributed by atoms with van der Waals surface area (Å²) >= 11 is 0. The van der Waals surface area contributed by atoms with Crippen LogP contribution < -0.4 is 14.8 Å². The molecule has 2 heterocycles. The maximum Gasteiger partial charge on any atom is 0.264 e. The largest absolute Gasteiger partial charge is 0.485 e. The molecule has 1 N–H and O–H groups in total. The third-order valence-electron chi connectivity index (χ3n) is 5.73. The number of nitrogens with zero attached hydrogens (tertiary/aromatic N) is 1. The van der Waals surface area contributed by atoms with Crippen molar-refractivity contribution in [3.8, 4) is 11.5 Å². The van der Waals surface area contributed by atoms with Gasteiger partial charge in [-0.2, -0.15) is 0 Å². The van der Waals surface area contributed by atoms with Gasteiger partial charge in [0.2, 0.25) is 6.10 Å². The van der Waals surface area contributed by atoms with Gasteiger partial charge in [0.15, 0.2) is 11.5 Å². The molecule has 1 aromatic rings. The molecule has 1 aliphatic carbocycles. The molecule has 0 aromatic heterocycles. The van der Waals surface area contributed by atoms with E-state index in [2.05, 4.69) is 10.2 Å². The lowest BCUT2D eigenvalue weighted by Gasteiger charge is -2.34. The third-order valence-corrected chi connectivity index (χ3v) is 5.73. The molecule has 1 amide bonds. The number of carbonyl (C=O) groups excluding carboxylic acids is 1. The van der Waals surface area contributed by atoms with Gasteiger partial charge in [-0.1, -0.05) is 25.0 Å². The molecular formula is C20H28N2O3. The Labute approximate surface area is 149 Å². The molecule has 5 nitrogen and oxygen atoms in total. The van der Waals surface area contributed by atoms with Gasteiger partial charge in [-0.05, 0) is 43.7 Å². The number of hydrogen-bond acceptors (Lipinski definition) is 4. The Morgan fingerprint density at radius 2 is 1.80 bits per heavy atom. The first-order chi connectivity index (χ1) is 12.3. The first-order valence-corrected chi connectivity index (χ1v) is 9.69. The normalized spacial score (nSPS) is 25.0. The smallest absolute Gasteiger partial charge is 0.264 e. The van der Waals surface area contributed by atoms with Crippen molar-refractivity contribution in [3.63, 3.8) is 0 Å². The van der Waals surface area contributed by atoms with Crippen LogP contribution in [0.15, 0.2) is 24.3 Å². The van der Waals surface area contributed by atoms with Crippen molar-refractivity contribution in [1.82, 2.24) is 10.2 Å². The molecule has 2 fully saturated rings. The Balaban J connectivity index is 1.23. The second-order valence-corrected chi connectivity index (χ2v) is 7.60. The highest BCUT2D eigenvalue weighted by Gasteiger charge is 2.30. The van der Waals surface area contributed by atoms with Gasteiger partial charge in [-0.15, -0.1) is 0 Å². The van der Waals surface area contributed by atoms with Gasteiger partial charge in [0.25, 0.3) is 5.91 Å². The number of likely N-dealkylation sites (tertiary alicyclic amines) is 1. The van der Waals surface area contributed by atoms with Gasteiger partial charge >= 0.3 is 0 Å². The van der Waals surface area contributed by atoms with E-state index < -0.39 is 6.10 Å². The lowest BCUT2D eigenvalue weighted by molar-refractivity contribution is -0.131. The maximum absolute atomic E-state index is 12.5. The van der Waals surface area contributed by atoms with Crippen LogP contribution >= 0.6 is 0 Å². The molecule has 25 heavy (non-hydrogen) atoms. The van der Waals surface area contributed by atoms with E-state index in [4.69, 9.17) is 9.47 Å². The number of piperidine rings is 1. The van der Waals surface area contributed by atoms with Crippen molar-refractivity contribution in [1.29, 1.82) is 0 Å². The summed E-state index contributed by atoms with van der Waals surface area (Å²) in [6.07, 6.45) is 7.12. The third kappa shape index (κ3) is 4.09. The molecule has 5 heteroatoms. The minimum atomic E-state index is -0.550. The molecule has 3 aliphatic rings. The van der Waals surface area contributed by atoms with Crippen molar-refractivity contribution in [2.24, 2.45) is 5.92 Å². The lowest BCUT2D eigenvalue weighted by Crippen LogP contribution is -2.51. The molecule has 0 radical (unpaired) electrons. The molecule has 1 saturated heterocycles. The van der Waals surface area contributed by atoms with E-state index in [-0.39, 0.29) is 18.6 Å².